The van der Waals surface area contributed by atoms with Gasteiger partial charge in [-0.15, -0.1) is 0 Å². The summed E-state index contributed by atoms with van der Waals surface area (Å²) in [6, 6.07) is 6.34. The molecule has 2 aromatic carbocycles. The Hall–Kier alpha value is -2.66. The van der Waals surface area contributed by atoms with Crippen LogP contribution in [0.2, 0.25) is 0 Å². The fraction of sp³-hybridized carbons (Fsp3) is 0.133. The molecule has 0 aliphatic rings. The third-order valence-electron chi connectivity index (χ3n) is 3.61. The number of nitrogens with two attached hydrogens (primary N) is 1. The van der Waals surface area contributed by atoms with Crippen molar-refractivity contribution in [3.8, 4) is 0 Å². The second-order valence-corrected chi connectivity index (χ2v) is 7.02. The first-order valence-electron chi connectivity index (χ1n) is 7.16. The molecule has 0 fully saturated rings. The number of hydrogen-bond donors (Lipinski definition) is 3. The van der Waals surface area contributed by atoms with Crippen molar-refractivity contribution >= 4 is 27.0 Å². The first-order valence-corrected chi connectivity index (χ1v) is 8.71. The Morgan fingerprint density at radius 2 is 1.88 bits per heavy atom. The lowest BCUT2D eigenvalue weighted by atomic mass is 10.1. The van der Waals surface area contributed by atoms with Gasteiger partial charge in [0.05, 0.1) is 21.5 Å². The molecule has 138 valence electrons. The van der Waals surface area contributed by atoms with Gasteiger partial charge in [0.1, 0.15) is 5.82 Å². The minimum absolute atomic E-state index is 0.127. The number of H-pyrrole nitrogens is 1. The van der Waals surface area contributed by atoms with E-state index in [4.69, 9.17) is 5.14 Å². The van der Waals surface area contributed by atoms with Crippen LogP contribution in [0.5, 0.6) is 0 Å². The molecule has 3 aromatic rings. The predicted octanol–water partition coefficient (Wildman–Crippen LogP) is 2.98. The Kier molecular flexibility index (Phi) is 4.36. The average Bonchev–Trinajstić information content (AvgIpc) is 2.94. The molecule has 0 spiro atoms. The van der Waals surface area contributed by atoms with Crippen molar-refractivity contribution in [2.75, 3.05) is 5.32 Å². The van der Waals surface area contributed by atoms with Crippen molar-refractivity contribution in [1.82, 2.24) is 9.97 Å². The van der Waals surface area contributed by atoms with E-state index in [9.17, 15) is 26.0 Å². The zero-order chi connectivity index (χ0) is 19.1. The number of hydrogen-bond acceptors (Lipinski definition) is 4. The summed E-state index contributed by atoms with van der Waals surface area (Å²) in [6.45, 7) is -0.267. The SMILES string of the molecule is NS(=O)(=O)c1ccc2nc(NCc3ccc(F)cc3C(F)(F)F)[nH]c2c1. The molecule has 1 heterocycles. The molecule has 0 saturated heterocycles. The molecule has 0 radical (unpaired) electrons. The van der Waals surface area contributed by atoms with E-state index in [1.54, 1.807) is 0 Å². The second kappa shape index (κ2) is 6.25. The number of aromatic amines is 1. The fourth-order valence-corrected chi connectivity index (χ4v) is 2.93. The first kappa shape index (κ1) is 18.1. The van der Waals surface area contributed by atoms with Crippen LogP contribution in [0.3, 0.4) is 0 Å². The van der Waals surface area contributed by atoms with Gasteiger partial charge in [-0.25, -0.2) is 22.9 Å². The van der Waals surface area contributed by atoms with Crippen LogP contribution in [0.15, 0.2) is 41.3 Å². The van der Waals surface area contributed by atoms with Gasteiger partial charge >= 0.3 is 6.18 Å². The predicted molar refractivity (Wildman–Crippen MR) is 86.2 cm³/mol. The second-order valence-electron chi connectivity index (χ2n) is 5.46. The molecule has 0 saturated carbocycles. The highest BCUT2D eigenvalue weighted by atomic mass is 32.2. The number of imidazole rings is 1. The van der Waals surface area contributed by atoms with Crippen LogP contribution in [0.1, 0.15) is 11.1 Å². The maximum Gasteiger partial charge on any atom is 0.416 e. The highest BCUT2D eigenvalue weighted by molar-refractivity contribution is 7.89. The molecule has 6 nitrogen and oxygen atoms in total. The summed E-state index contributed by atoms with van der Waals surface area (Å²) in [4.78, 5) is 6.73. The number of rotatable bonds is 4. The number of fused-ring (bicyclic) bond motifs is 1. The average molecular weight is 388 g/mol. The summed E-state index contributed by atoms with van der Waals surface area (Å²) in [5, 5.41) is 7.71. The molecular weight excluding hydrogens is 376 g/mol. The molecule has 0 amide bonds. The molecular formula is C15H12F4N4O2S. The van der Waals surface area contributed by atoms with Crippen LogP contribution in [-0.2, 0) is 22.7 Å². The smallest absolute Gasteiger partial charge is 0.352 e. The van der Waals surface area contributed by atoms with Gasteiger partial charge in [0.25, 0.3) is 0 Å². The number of benzene rings is 2. The number of alkyl halides is 3. The zero-order valence-electron chi connectivity index (χ0n) is 12.9. The van der Waals surface area contributed by atoms with Crippen LogP contribution < -0.4 is 10.5 Å². The van der Waals surface area contributed by atoms with Gasteiger partial charge in [-0.05, 0) is 35.9 Å². The van der Waals surface area contributed by atoms with E-state index in [2.05, 4.69) is 15.3 Å². The molecule has 4 N–H and O–H groups in total. The molecule has 11 heteroatoms. The van der Waals surface area contributed by atoms with E-state index in [0.29, 0.717) is 17.1 Å². The van der Waals surface area contributed by atoms with Gasteiger partial charge in [-0.3, -0.25) is 0 Å². The number of halogens is 4. The number of aromatic nitrogens is 2. The zero-order valence-corrected chi connectivity index (χ0v) is 13.7. The van der Waals surface area contributed by atoms with Gasteiger partial charge in [0.2, 0.25) is 16.0 Å². The largest absolute Gasteiger partial charge is 0.416 e. The van der Waals surface area contributed by atoms with Crippen LogP contribution >= 0.6 is 0 Å². The fourth-order valence-electron chi connectivity index (χ4n) is 2.40. The minimum Gasteiger partial charge on any atom is -0.352 e. The Morgan fingerprint density at radius 3 is 2.54 bits per heavy atom. The van der Waals surface area contributed by atoms with E-state index < -0.39 is 27.6 Å². The normalized spacial score (nSPS) is 12.5. The highest BCUT2D eigenvalue weighted by Gasteiger charge is 2.33. The van der Waals surface area contributed by atoms with Crippen molar-refractivity contribution in [3.05, 3.63) is 53.3 Å². The quantitative estimate of drug-likeness (QED) is 0.598. The first-order chi connectivity index (χ1) is 12.0. The van der Waals surface area contributed by atoms with E-state index in [1.165, 1.54) is 18.2 Å². The maximum atomic E-state index is 13.1. The molecule has 26 heavy (non-hydrogen) atoms. The lowest BCUT2D eigenvalue weighted by Crippen LogP contribution is -2.12. The van der Waals surface area contributed by atoms with Crippen molar-refractivity contribution in [2.45, 2.75) is 17.6 Å². The Morgan fingerprint density at radius 1 is 1.15 bits per heavy atom. The van der Waals surface area contributed by atoms with Gasteiger partial charge in [0, 0.05) is 6.54 Å². The van der Waals surface area contributed by atoms with Crippen molar-refractivity contribution < 1.29 is 26.0 Å². The third kappa shape index (κ3) is 3.78. The van der Waals surface area contributed by atoms with Crippen LogP contribution in [0.25, 0.3) is 11.0 Å². The summed E-state index contributed by atoms with van der Waals surface area (Å²) in [5.41, 5.74) is -0.508. The van der Waals surface area contributed by atoms with Gasteiger partial charge in [0.15, 0.2) is 0 Å². The lowest BCUT2D eigenvalue weighted by molar-refractivity contribution is -0.138. The van der Waals surface area contributed by atoms with Gasteiger partial charge in [-0.1, -0.05) is 6.07 Å². The number of nitrogens with one attached hydrogen (secondary N) is 2. The van der Waals surface area contributed by atoms with Crippen LogP contribution in [-0.4, -0.2) is 18.4 Å². The van der Waals surface area contributed by atoms with Crippen LogP contribution in [0.4, 0.5) is 23.5 Å². The molecule has 1 aromatic heterocycles. The summed E-state index contributed by atoms with van der Waals surface area (Å²) in [7, 11) is -3.90. The van der Waals surface area contributed by atoms with E-state index >= 15 is 0 Å². The number of nitrogens with zero attached hydrogens (tertiary/aromatic N) is 1. The minimum atomic E-state index is -4.70. The Balaban J connectivity index is 1.87. The monoisotopic (exact) mass is 388 g/mol. The van der Waals surface area contributed by atoms with Gasteiger partial charge < -0.3 is 10.3 Å². The standard InChI is InChI=1S/C15H12F4N4O2S/c16-9-2-1-8(11(5-9)15(17,18)19)7-21-14-22-12-4-3-10(26(20,24)25)6-13(12)23-14/h1-6H,7H2,(H2,20,24,25)(H2,21,22,23). The van der Waals surface area contributed by atoms with Crippen LogP contribution in [0, 0.1) is 5.82 Å². The van der Waals surface area contributed by atoms with Crippen molar-refractivity contribution in [3.63, 3.8) is 0 Å². The number of anilines is 1. The summed E-state index contributed by atoms with van der Waals surface area (Å²) in [6.07, 6.45) is -4.70. The van der Waals surface area contributed by atoms with Crippen molar-refractivity contribution in [2.24, 2.45) is 5.14 Å². The molecule has 3 rings (SSSR count). The summed E-state index contributed by atoms with van der Waals surface area (Å²) >= 11 is 0. The number of primary sulfonamides is 1. The Bertz CT molecular complexity index is 1080. The van der Waals surface area contributed by atoms with E-state index in [1.807, 2.05) is 0 Å². The lowest BCUT2D eigenvalue weighted by Gasteiger charge is -2.13. The van der Waals surface area contributed by atoms with Gasteiger partial charge in [-0.2, -0.15) is 13.2 Å². The molecule has 0 aliphatic heterocycles. The molecule has 0 atom stereocenters. The van der Waals surface area contributed by atoms with Crippen molar-refractivity contribution in [1.29, 1.82) is 0 Å². The van der Waals surface area contributed by atoms with E-state index in [-0.39, 0.29) is 23.0 Å². The third-order valence-corrected chi connectivity index (χ3v) is 4.52. The molecule has 0 aliphatic carbocycles. The number of sulfonamides is 1. The molecule has 0 bridgehead atoms. The highest BCUT2D eigenvalue weighted by Crippen LogP contribution is 2.33. The maximum absolute atomic E-state index is 13.1. The Labute approximate surface area is 145 Å². The summed E-state index contributed by atoms with van der Waals surface area (Å²) in [5.74, 6) is -0.857. The van der Waals surface area contributed by atoms with E-state index in [0.717, 1.165) is 12.1 Å². The molecule has 0 unspecified atom stereocenters. The summed E-state index contributed by atoms with van der Waals surface area (Å²) < 4.78 is 74.8. The topological polar surface area (TPSA) is 101 Å².